The van der Waals surface area contributed by atoms with Crippen molar-refractivity contribution in [3.63, 3.8) is 0 Å². The van der Waals surface area contributed by atoms with E-state index < -0.39 is 0 Å². The van der Waals surface area contributed by atoms with Crippen LogP contribution in [-0.2, 0) is 0 Å². The van der Waals surface area contributed by atoms with Gasteiger partial charge >= 0.3 is 0 Å². The number of aromatic nitrogens is 1. The topological polar surface area (TPSA) is 49.3 Å². The van der Waals surface area contributed by atoms with Crippen molar-refractivity contribution in [3.05, 3.63) is 83.5 Å². The molecule has 0 unspecified atom stereocenters. The largest absolute Gasteiger partial charge is 0.331 e. The second kappa shape index (κ2) is 7.70. The number of thiocarbonyl (C=S) groups is 1. The molecule has 6 heteroatoms. The van der Waals surface area contributed by atoms with Crippen molar-refractivity contribution >= 4 is 62.5 Å². The van der Waals surface area contributed by atoms with Gasteiger partial charge in [-0.3, -0.25) is 5.43 Å². The molecule has 0 aliphatic heterocycles. The maximum atomic E-state index is 5.88. The van der Waals surface area contributed by atoms with Crippen LogP contribution in [0.2, 0.25) is 5.02 Å². The lowest BCUT2D eigenvalue weighted by molar-refractivity contribution is 1.05. The third-order valence-corrected chi connectivity index (χ3v) is 4.54. The van der Waals surface area contributed by atoms with Gasteiger partial charge in [0.05, 0.1) is 17.4 Å². The molecule has 3 aromatic carbocycles. The molecule has 0 fully saturated rings. The van der Waals surface area contributed by atoms with E-state index in [-0.39, 0.29) is 0 Å². The Labute approximate surface area is 166 Å². The first-order chi connectivity index (χ1) is 13.2. The predicted molar refractivity (Wildman–Crippen MR) is 118 cm³/mol. The van der Waals surface area contributed by atoms with Gasteiger partial charge in [0, 0.05) is 21.5 Å². The molecule has 0 spiro atoms. The van der Waals surface area contributed by atoms with Crippen LogP contribution in [0.3, 0.4) is 0 Å². The van der Waals surface area contributed by atoms with Gasteiger partial charge in [-0.05, 0) is 47.9 Å². The van der Waals surface area contributed by atoms with Crippen LogP contribution in [-0.4, -0.2) is 16.3 Å². The van der Waals surface area contributed by atoms with E-state index >= 15 is 0 Å². The van der Waals surface area contributed by atoms with Gasteiger partial charge in [-0.2, -0.15) is 5.10 Å². The first-order valence-corrected chi connectivity index (χ1v) is 9.12. The monoisotopic (exact) mass is 390 g/mol. The highest BCUT2D eigenvalue weighted by molar-refractivity contribution is 7.80. The van der Waals surface area contributed by atoms with Crippen LogP contribution in [0.4, 0.5) is 5.69 Å². The number of nitrogens with one attached hydrogen (secondary N) is 2. The van der Waals surface area contributed by atoms with Gasteiger partial charge in [0.15, 0.2) is 5.11 Å². The first-order valence-electron chi connectivity index (χ1n) is 8.34. The highest BCUT2D eigenvalue weighted by atomic mass is 35.5. The zero-order chi connectivity index (χ0) is 18.6. The second-order valence-corrected chi connectivity index (χ2v) is 6.74. The summed E-state index contributed by atoms with van der Waals surface area (Å²) in [6, 6.07) is 23.5. The van der Waals surface area contributed by atoms with E-state index in [1.807, 2.05) is 48.5 Å². The Hall–Kier alpha value is -3.02. The van der Waals surface area contributed by atoms with E-state index in [4.69, 9.17) is 28.8 Å². The molecule has 0 saturated carbocycles. The molecular weight excluding hydrogens is 376 g/mol. The van der Waals surface area contributed by atoms with Crippen molar-refractivity contribution in [2.45, 2.75) is 0 Å². The third kappa shape index (κ3) is 3.89. The van der Waals surface area contributed by atoms with Crippen LogP contribution in [0.25, 0.3) is 21.7 Å². The maximum Gasteiger partial charge on any atom is 0.191 e. The Balaban J connectivity index is 1.57. The van der Waals surface area contributed by atoms with Crippen LogP contribution < -0.4 is 10.7 Å². The SMILES string of the molecule is S=C(N/N=C/c1nc2ccccc2c2ccccc12)Nc1ccc(Cl)cc1. The fourth-order valence-electron chi connectivity index (χ4n) is 2.87. The van der Waals surface area contributed by atoms with Crippen molar-refractivity contribution in [1.29, 1.82) is 0 Å². The summed E-state index contributed by atoms with van der Waals surface area (Å²) in [5, 5.41) is 11.7. The van der Waals surface area contributed by atoms with E-state index in [1.165, 1.54) is 0 Å². The van der Waals surface area contributed by atoms with Crippen molar-refractivity contribution in [2.24, 2.45) is 5.10 Å². The van der Waals surface area contributed by atoms with Crippen molar-refractivity contribution in [1.82, 2.24) is 10.4 Å². The number of halogens is 1. The molecule has 0 bridgehead atoms. The van der Waals surface area contributed by atoms with Crippen molar-refractivity contribution in [3.8, 4) is 0 Å². The molecule has 4 aromatic rings. The number of para-hydroxylation sites is 1. The summed E-state index contributed by atoms with van der Waals surface area (Å²) in [4.78, 5) is 4.73. The van der Waals surface area contributed by atoms with Gasteiger partial charge < -0.3 is 5.32 Å². The normalized spacial score (nSPS) is 11.1. The van der Waals surface area contributed by atoms with Gasteiger partial charge in [0.1, 0.15) is 0 Å². The van der Waals surface area contributed by atoms with Gasteiger partial charge in [-0.25, -0.2) is 4.98 Å². The highest BCUT2D eigenvalue weighted by Gasteiger charge is 2.06. The van der Waals surface area contributed by atoms with Crippen LogP contribution in [0, 0.1) is 0 Å². The lowest BCUT2D eigenvalue weighted by atomic mass is 10.0. The molecule has 1 aromatic heterocycles. The molecule has 0 atom stereocenters. The standard InChI is InChI=1S/C21H15ClN4S/c22-14-9-11-15(12-10-14)24-21(27)26-23-13-20-18-7-2-1-5-16(18)17-6-3-4-8-19(17)25-20/h1-13H,(H2,24,26,27)/b23-13+. The zero-order valence-corrected chi connectivity index (χ0v) is 15.8. The minimum Gasteiger partial charge on any atom is -0.331 e. The molecular formula is C21H15ClN4S. The number of hydrazone groups is 1. The maximum absolute atomic E-state index is 5.88. The van der Waals surface area contributed by atoms with Crippen LogP contribution in [0.1, 0.15) is 5.69 Å². The number of anilines is 1. The lowest BCUT2D eigenvalue weighted by Gasteiger charge is -2.08. The zero-order valence-electron chi connectivity index (χ0n) is 14.2. The third-order valence-electron chi connectivity index (χ3n) is 4.09. The smallest absolute Gasteiger partial charge is 0.191 e. The molecule has 0 radical (unpaired) electrons. The van der Waals surface area contributed by atoms with Gasteiger partial charge in [-0.15, -0.1) is 0 Å². The van der Waals surface area contributed by atoms with Crippen molar-refractivity contribution in [2.75, 3.05) is 5.32 Å². The summed E-state index contributed by atoms with van der Waals surface area (Å²) in [5.41, 5.74) is 5.37. The van der Waals surface area contributed by atoms with Gasteiger partial charge in [-0.1, -0.05) is 54.1 Å². The summed E-state index contributed by atoms with van der Waals surface area (Å²) in [5.74, 6) is 0. The molecule has 0 amide bonds. The van der Waals surface area contributed by atoms with Crippen LogP contribution in [0.15, 0.2) is 77.9 Å². The van der Waals surface area contributed by atoms with E-state index in [9.17, 15) is 0 Å². The van der Waals surface area contributed by atoms with E-state index in [0.29, 0.717) is 10.1 Å². The fourth-order valence-corrected chi connectivity index (χ4v) is 3.17. The Morgan fingerprint density at radius 2 is 1.56 bits per heavy atom. The number of benzene rings is 3. The summed E-state index contributed by atoms with van der Waals surface area (Å²) < 4.78 is 0. The minimum atomic E-state index is 0.388. The summed E-state index contributed by atoms with van der Waals surface area (Å²) in [6.07, 6.45) is 1.69. The lowest BCUT2D eigenvalue weighted by Crippen LogP contribution is -2.23. The van der Waals surface area contributed by atoms with Crippen LogP contribution >= 0.6 is 23.8 Å². The molecule has 2 N–H and O–H groups in total. The average Bonchev–Trinajstić information content (AvgIpc) is 2.70. The predicted octanol–water partition coefficient (Wildman–Crippen LogP) is 5.36. The molecule has 4 nitrogen and oxygen atoms in total. The first kappa shape index (κ1) is 17.4. The molecule has 0 aliphatic rings. The molecule has 0 saturated heterocycles. The average molecular weight is 391 g/mol. The summed E-state index contributed by atoms with van der Waals surface area (Å²) in [6.45, 7) is 0. The number of fused-ring (bicyclic) bond motifs is 3. The minimum absolute atomic E-state index is 0.388. The van der Waals surface area contributed by atoms with E-state index in [0.717, 1.165) is 33.1 Å². The fraction of sp³-hybridized carbons (Fsp3) is 0. The Morgan fingerprint density at radius 3 is 2.33 bits per heavy atom. The number of rotatable bonds is 3. The Kier molecular flexibility index (Phi) is 4.96. The van der Waals surface area contributed by atoms with Gasteiger partial charge in [0.25, 0.3) is 0 Å². The number of pyridine rings is 1. The van der Waals surface area contributed by atoms with Gasteiger partial charge in [0.2, 0.25) is 0 Å². The van der Waals surface area contributed by atoms with Crippen molar-refractivity contribution < 1.29 is 0 Å². The number of nitrogens with zero attached hydrogens (tertiary/aromatic N) is 2. The molecule has 4 rings (SSSR count). The molecule has 1 heterocycles. The Bertz CT molecular complexity index is 1160. The summed E-state index contributed by atoms with van der Waals surface area (Å²) in [7, 11) is 0. The quantitative estimate of drug-likeness (QED) is 0.214. The molecule has 132 valence electrons. The summed E-state index contributed by atoms with van der Waals surface area (Å²) >= 11 is 11.1. The molecule has 0 aliphatic carbocycles. The second-order valence-electron chi connectivity index (χ2n) is 5.89. The number of hydrogen-bond donors (Lipinski definition) is 2. The van der Waals surface area contributed by atoms with Crippen LogP contribution in [0.5, 0.6) is 0 Å². The highest BCUT2D eigenvalue weighted by Crippen LogP contribution is 2.25. The number of hydrogen-bond acceptors (Lipinski definition) is 3. The van der Waals surface area contributed by atoms with E-state index in [1.54, 1.807) is 18.3 Å². The Morgan fingerprint density at radius 1 is 0.889 bits per heavy atom. The van der Waals surface area contributed by atoms with E-state index in [2.05, 4.69) is 28.0 Å². The molecule has 27 heavy (non-hydrogen) atoms.